The molecule has 0 aliphatic heterocycles. The van der Waals surface area contributed by atoms with Gasteiger partial charge in [0.2, 0.25) is 0 Å². The van der Waals surface area contributed by atoms with Crippen LogP contribution in [0.4, 0.5) is 0 Å². The molecule has 0 spiro atoms. The molecule has 0 aromatic carbocycles. The number of unbranched alkanes of at least 4 members (excludes halogenated alkanes) is 14. The van der Waals surface area contributed by atoms with Gasteiger partial charge in [-0.2, -0.15) is 0 Å². The van der Waals surface area contributed by atoms with Crippen molar-refractivity contribution >= 4 is 5.97 Å². The summed E-state index contributed by atoms with van der Waals surface area (Å²) < 4.78 is 5.90. The first kappa shape index (κ1) is 28.4. The fraction of sp³-hybridized carbons (Fsp3) is 0.962. The van der Waals surface area contributed by atoms with Crippen LogP contribution in [0.25, 0.3) is 0 Å². The summed E-state index contributed by atoms with van der Waals surface area (Å²) in [6, 6.07) is 0. The van der Waals surface area contributed by atoms with E-state index in [1.54, 1.807) is 0 Å². The van der Waals surface area contributed by atoms with E-state index in [1.165, 1.54) is 96.3 Å². The van der Waals surface area contributed by atoms with Crippen molar-refractivity contribution in [2.24, 2.45) is 0 Å². The van der Waals surface area contributed by atoms with Crippen molar-refractivity contribution in [1.82, 2.24) is 5.32 Å². The Bertz CT molecular complexity index is 317. The van der Waals surface area contributed by atoms with Gasteiger partial charge in [-0.25, -0.2) is 0 Å². The molecular formula is C26H53NO2. The fourth-order valence-electron chi connectivity index (χ4n) is 3.91. The van der Waals surface area contributed by atoms with E-state index in [0.717, 1.165) is 32.2 Å². The number of esters is 1. The monoisotopic (exact) mass is 411 g/mol. The Morgan fingerprint density at radius 2 is 1.10 bits per heavy atom. The molecule has 3 nitrogen and oxygen atoms in total. The predicted octanol–water partition coefficient (Wildman–Crippen LogP) is 7.96. The summed E-state index contributed by atoms with van der Waals surface area (Å²) in [4.78, 5) is 12.3. The summed E-state index contributed by atoms with van der Waals surface area (Å²) in [5.74, 6) is 0.0437. The summed E-state index contributed by atoms with van der Waals surface area (Å²) >= 11 is 0. The number of hydrogen-bond donors (Lipinski definition) is 1. The largest absolute Gasteiger partial charge is 0.462 e. The van der Waals surface area contributed by atoms with E-state index in [2.05, 4.69) is 19.2 Å². The minimum absolute atomic E-state index is 0.0437. The van der Waals surface area contributed by atoms with Gasteiger partial charge in [-0.15, -0.1) is 0 Å². The molecule has 0 aromatic heterocycles. The highest BCUT2D eigenvalue weighted by Crippen LogP contribution is 2.18. The molecule has 0 atom stereocenters. The number of nitrogens with one attached hydrogen (secondary N) is 1. The van der Waals surface area contributed by atoms with Gasteiger partial charge in [0.25, 0.3) is 0 Å². The Morgan fingerprint density at radius 1 is 0.655 bits per heavy atom. The van der Waals surface area contributed by atoms with E-state index in [-0.39, 0.29) is 12.1 Å². The van der Waals surface area contributed by atoms with Gasteiger partial charge in [-0.3, -0.25) is 4.79 Å². The van der Waals surface area contributed by atoms with Crippen LogP contribution in [-0.2, 0) is 9.53 Å². The second kappa shape index (κ2) is 23.7. The lowest BCUT2D eigenvalue weighted by atomic mass is 10.0. The van der Waals surface area contributed by atoms with Crippen LogP contribution < -0.4 is 5.32 Å². The number of carbonyl (C=O) groups is 1. The van der Waals surface area contributed by atoms with Gasteiger partial charge in [-0.05, 0) is 52.1 Å². The average Bonchev–Trinajstić information content (AvgIpc) is 2.72. The lowest BCUT2D eigenvalue weighted by molar-refractivity contribution is -0.150. The highest BCUT2D eigenvalue weighted by Gasteiger charge is 2.14. The number of carbonyl (C=O) groups excluding carboxylic acids is 1. The van der Waals surface area contributed by atoms with Crippen LogP contribution in [0.3, 0.4) is 0 Å². The van der Waals surface area contributed by atoms with Crippen LogP contribution in [0.15, 0.2) is 0 Å². The second-order valence-electron chi connectivity index (χ2n) is 8.85. The van der Waals surface area contributed by atoms with Gasteiger partial charge in [-0.1, -0.05) is 97.3 Å². The smallest absolute Gasteiger partial charge is 0.306 e. The zero-order valence-corrected chi connectivity index (χ0v) is 20.2. The minimum atomic E-state index is 0.0437. The number of hydrogen-bond acceptors (Lipinski definition) is 3. The first-order chi connectivity index (χ1) is 14.2. The van der Waals surface area contributed by atoms with Crippen LogP contribution in [0, 0.1) is 0 Å². The lowest BCUT2D eigenvalue weighted by Crippen LogP contribution is -2.18. The van der Waals surface area contributed by atoms with Crippen LogP contribution in [0.2, 0.25) is 0 Å². The molecule has 0 bridgehead atoms. The van der Waals surface area contributed by atoms with Crippen molar-refractivity contribution in [1.29, 1.82) is 0 Å². The third-order valence-corrected chi connectivity index (χ3v) is 5.87. The zero-order chi connectivity index (χ0) is 21.4. The van der Waals surface area contributed by atoms with Crippen molar-refractivity contribution in [2.75, 3.05) is 13.6 Å². The SMILES string of the molecule is CCCCCCCCC(CCCCCCCC)OC(=O)CCCCCCCNC. The topological polar surface area (TPSA) is 38.3 Å². The molecule has 0 heterocycles. The molecule has 0 saturated carbocycles. The normalized spacial score (nSPS) is 11.3. The maximum atomic E-state index is 12.3. The quantitative estimate of drug-likeness (QED) is 0.137. The van der Waals surface area contributed by atoms with Gasteiger partial charge in [0.05, 0.1) is 0 Å². The van der Waals surface area contributed by atoms with E-state index in [9.17, 15) is 4.79 Å². The van der Waals surface area contributed by atoms with E-state index in [1.807, 2.05) is 7.05 Å². The first-order valence-corrected chi connectivity index (χ1v) is 13.1. The maximum absolute atomic E-state index is 12.3. The first-order valence-electron chi connectivity index (χ1n) is 13.1. The molecule has 0 saturated heterocycles. The fourth-order valence-corrected chi connectivity index (χ4v) is 3.91. The minimum Gasteiger partial charge on any atom is -0.462 e. The van der Waals surface area contributed by atoms with Crippen molar-refractivity contribution in [2.45, 2.75) is 148 Å². The van der Waals surface area contributed by atoms with Gasteiger partial charge in [0.1, 0.15) is 6.10 Å². The Morgan fingerprint density at radius 3 is 1.62 bits per heavy atom. The van der Waals surface area contributed by atoms with Crippen LogP contribution in [0.1, 0.15) is 142 Å². The maximum Gasteiger partial charge on any atom is 0.306 e. The molecule has 1 N–H and O–H groups in total. The molecule has 0 rings (SSSR count). The van der Waals surface area contributed by atoms with E-state index in [4.69, 9.17) is 4.74 Å². The van der Waals surface area contributed by atoms with E-state index in [0.29, 0.717) is 6.42 Å². The Balaban J connectivity index is 3.98. The van der Waals surface area contributed by atoms with Crippen molar-refractivity contribution in [3.63, 3.8) is 0 Å². The molecule has 0 amide bonds. The van der Waals surface area contributed by atoms with Gasteiger partial charge >= 0.3 is 5.97 Å². The Hall–Kier alpha value is -0.570. The molecule has 0 aromatic rings. The van der Waals surface area contributed by atoms with Crippen molar-refractivity contribution in [3.8, 4) is 0 Å². The molecule has 174 valence electrons. The molecule has 29 heavy (non-hydrogen) atoms. The average molecular weight is 412 g/mol. The lowest BCUT2D eigenvalue weighted by Gasteiger charge is -2.18. The predicted molar refractivity (Wildman–Crippen MR) is 127 cm³/mol. The number of ether oxygens (including phenoxy) is 1. The molecule has 0 fully saturated rings. The number of rotatable bonds is 23. The summed E-state index contributed by atoms with van der Waals surface area (Å²) in [5, 5.41) is 3.19. The molecular weight excluding hydrogens is 358 g/mol. The second-order valence-corrected chi connectivity index (χ2v) is 8.85. The highest BCUT2D eigenvalue weighted by atomic mass is 16.5. The van der Waals surface area contributed by atoms with Crippen LogP contribution >= 0.6 is 0 Å². The van der Waals surface area contributed by atoms with Crippen molar-refractivity contribution in [3.05, 3.63) is 0 Å². The third-order valence-electron chi connectivity index (χ3n) is 5.87. The van der Waals surface area contributed by atoms with Gasteiger partial charge < -0.3 is 10.1 Å². The summed E-state index contributed by atoms with van der Waals surface area (Å²) in [6.07, 6.45) is 24.4. The molecule has 0 aliphatic carbocycles. The van der Waals surface area contributed by atoms with Gasteiger partial charge in [0, 0.05) is 6.42 Å². The molecule has 0 aliphatic rings. The van der Waals surface area contributed by atoms with E-state index >= 15 is 0 Å². The van der Waals surface area contributed by atoms with Crippen LogP contribution in [0.5, 0.6) is 0 Å². The Kier molecular flexibility index (Phi) is 23.2. The van der Waals surface area contributed by atoms with Crippen molar-refractivity contribution < 1.29 is 9.53 Å². The van der Waals surface area contributed by atoms with E-state index < -0.39 is 0 Å². The summed E-state index contributed by atoms with van der Waals surface area (Å²) in [6.45, 7) is 5.62. The standard InChI is InChI=1S/C26H53NO2/c1-4-6-8-10-13-17-21-25(22-18-14-11-9-7-5-2)29-26(28)23-19-15-12-16-20-24-27-3/h25,27H,4-24H2,1-3H3. The molecule has 0 unspecified atom stereocenters. The Labute approximate surface area is 183 Å². The third kappa shape index (κ3) is 21.9. The highest BCUT2D eigenvalue weighted by molar-refractivity contribution is 5.69. The zero-order valence-electron chi connectivity index (χ0n) is 20.2. The molecule has 0 radical (unpaired) electrons. The summed E-state index contributed by atoms with van der Waals surface area (Å²) in [7, 11) is 2.00. The summed E-state index contributed by atoms with van der Waals surface area (Å²) in [5.41, 5.74) is 0. The molecule has 3 heteroatoms. The van der Waals surface area contributed by atoms with Gasteiger partial charge in [0.15, 0.2) is 0 Å². The van der Waals surface area contributed by atoms with Crippen LogP contribution in [-0.4, -0.2) is 25.7 Å².